The Kier molecular flexibility index (Phi) is 5.06. The molecule has 6 aromatic rings. The third-order valence-corrected chi connectivity index (χ3v) is 9.31. The summed E-state index contributed by atoms with van der Waals surface area (Å²) < 4.78 is 2.40. The van der Waals surface area contributed by atoms with Crippen molar-refractivity contribution < 1.29 is 0 Å². The summed E-state index contributed by atoms with van der Waals surface area (Å²) in [6.07, 6.45) is 9.22. The zero-order valence-electron chi connectivity index (χ0n) is 22.9. The molecule has 8 rings (SSSR count). The zero-order valence-corrected chi connectivity index (χ0v) is 22.9. The van der Waals surface area contributed by atoms with Gasteiger partial charge in [0.2, 0.25) is 0 Å². The van der Waals surface area contributed by atoms with Gasteiger partial charge < -0.3 is 4.57 Å². The maximum absolute atomic E-state index is 2.45. The number of nitrogens with zero attached hydrogens (tertiary/aromatic N) is 1. The van der Waals surface area contributed by atoms with Crippen molar-refractivity contribution in [1.82, 2.24) is 4.57 Å². The van der Waals surface area contributed by atoms with Crippen molar-refractivity contribution in [2.75, 3.05) is 0 Å². The predicted molar refractivity (Wildman–Crippen MR) is 169 cm³/mol. The number of rotatable bonds is 3. The van der Waals surface area contributed by atoms with Crippen LogP contribution in [0.4, 0.5) is 0 Å². The maximum atomic E-state index is 2.45. The number of benzene rings is 5. The van der Waals surface area contributed by atoms with Gasteiger partial charge in [-0.25, -0.2) is 0 Å². The molecule has 1 heteroatoms. The molecule has 0 radical (unpaired) electrons. The topological polar surface area (TPSA) is 4.93 Å². The summed E-state index contributed by atoms with van der Waals surface area (Å²) in [5.74, 6) is 0.982. The molecule has 1 nitrogen and oxygen atoms in total. The van der Waals surface area contributed by atoms with E-state index in [4.69, 9.17) is 0 Å². The maximum Gasteiger partial charge on any atom is 0.0541 e. The number of fused-ring (bicyclic) bond motifs is 6. The molecule has 40 heavy (non-hydrogen) atoms. The zero-order chi connectivity index (χ0) is 26.8. The van der Waals surface area contributed by atoms with Gasteiger partial charge >= 0.3 is 0 Å². The van der Waals surface area contributed by atoms with Crippen LogP contribution in [0.3, 0.4) is 0 Å². The minimum atomic E-state index is 0.146. The fraction of sp³-hybridized carbons (Fsp3) is 0.128. The van der Waals surface area contributed by atoms with Crippen LogP contribution in [0.15, 0.2) is 140 Å². The molecule has 1 heterocycles. The SMILES string of the molecule is CC1(C)c2ccc(-c3ccc4c(c3)c3ccccc3n4-c3ccc(-c4ccccc4)cc3)cc2C2C=CC=CC21. The quantitative estimate of drug-likeness (QED) is 0.222. The van der Waals surface area contributed by atoms with Crippen LogP contribution in [0.5, 0.6) is 0 Å². The highest BCUT2D eigenvalue weighted by Gasteiger charge is 2.44. The van der Waals surface area contributed by atoms with Crippen LogP contribution >= 0.6 is 0 Å². The van der Waals surface area contributed by atoms with Crippen molar-refractivity contribution in [1.29, 1.82) is 0 Å². The number of allylic oxidation sites excluding steroid dienone is 4. The van der Waals surface area contributed by atoms with Crippen molar-refractivity contribution in [3.8, 4) is 27.9 Å². The first-order valence-electron chi connectivity index (χ1n) is 14.3. The normalized spacial score (nSPS) is 18.8. The Morgan fingerprint density at radius 3 is 2.05 bits per heavy atom. The largest absolute Gasteiger partial charge is 0.309 e. The van der Waals surface area contributed by atoms with Gasteiger partial charge in [-0.2, -0.15) is 0 Å². The molecule has 2 atom stereocenters. The Morgan fingerprint density at radius 2 is 1.20 bits per heavy atom. The summed E-state index contributed by atoms with van der Waals surface area (Å²) in [6, 6.07) is 42.5. The second kappa shape index (κ2) is 8.69. The molecule has 0 saturated carbocycles. The van der Waals surface area contributed by atoms with Crippen molar-refractivity contribution in [3.05, 3.63) is 151 Å². The van der Waals surface area contributed by atoms with Gasteiger partial charge in [-0.15, -0.1) is 0 Å². The van der Waals surface area contributed by atoms with E-state index in [9.17, 15) is 0 Å². The van der Waals surface area contributed by atoms with E-state index in [-0.39, 0.29) is 5.41 Å². The van der Waals surface area contributed by atoms with Gasteiger partial charge in [-0.3, -0.25) is 0 Å². The molecule has 5 aromatic carbocycles. The van der Waals surface area contributed by atoms with Crippen molar-refractivity contribution in [3.63, 3.8) is 0 Å². The Balaban J connectivity index is 1.25. The van der Waals surface area contributed by atoms with Crippen LogP contribution in [-0.2, 0) is 5.41 Å². The number of hydrogen-bond acceptors (Lipinski definition) is 0. The second-order valence-corrected chi connectivity index (χ2v) is 11.8. The summed E-state index contributed by atoms with van der Waals surface area (Å²) in [5.41, 5.74) is 11.8. The highest BCUT2D eigenvalue weighted by molar-refractivity contribution is 6.10. The molecule has 0 spiro atoms. The van der Waals surface area contributed by atoms with Crippen LogP contribution in [0, 0.1) is 5.92 Å². The molecule has 0 saturated heterocycles. The standard InChI is InChI=1S/C39H31N/c1-39(2)35-14-8-6-12-31(35)33-24-28(18-22-36(33)39)29-19-23-38-34(25-29)32-13-7-9-15-37(32)40(38)30-20-16-27(17-21-30)26-10-4-3-5-11-26/h3-25,31,35H,1-2H3. The van der Waals surface area contributed by atoms with Crippen LogP contribution in [0.25, 0.3) is 49.7 Å². The molecular formula is C39H31N. The molecular weight excluding hydrogens is 482 g/mol. The summed E-state index contributed by atoms with van der Waals surface area (Å²) in [4.78, 5) is 0. The van der Waals surface area contributed by atoms with Crippen molar-refractivity contribution in [2.24, 2.45) is 5.92 Å². The first-order chi connectivity index (χ1) is 19.6. The lowest BCUT2D eigenvalue weighted by Crippen LogP contribution is -2.24. The smallest absolute Gasteiger partial charge is 0.0541 e. The third kappa shape index (κ3) is 3.41. The molecule has 1 aromatic heterocycles. The lowest BCUT2D eigenvalue weighted by atomic mass is 9.74. The third-order valence-electron chi connectivity index (χ3n) is 9.31. The van der Waals surface area contributed by atoms with Gasteiger partial charge in [-0.05, 0) is 75.0 Å². The first kappa shape index (κ1) is 23.3. The van der Waals surface area contributed by atoms with Gasteiger partial charge in [0.15, 0.2) is 0 Å². The van der Waals surface area contributed by atoms with E-state index in [0.717, 1.165) is 0 Å². The molecule has 0 aliphatic heterocycles. The fourth-order valence-electron chi connectivity index (χ4n) is 7.24. The van der Waals surface area contributed by atoms with Crippen molar-refractivity contribution >= 4 is 21.8 Å². The molecule has 2 aliphatic rings. The van der Waals surface area contributed by atoms with E-state index in [1.54, 1.807) is 0 Å². The molecule has 192 valence electrons. The number of para-hydroxylation sites is 1. The van der Waals surface area contributed by atoms with Crippen LogP contribution in [0.1, 0.15) is 30.9 Å². The average molecular weight is 514 g/mol. The van der Waals surface area contributed by atoms with Gasteiger partial charge in [0, 0.05) is 22.4 Å². The lowest BCUT2D eigenvalue weighted by molar-refractivity contribution is 0.394. The van der Waals surface area contributed by atoms with Gasteiger partial charge in [-0.1, -0.05) is 123 Å². The Hall–Kier alpha value is -4.62. The fourth-order valence-corrected chi connectivity index (χ4v) is 7.24. The minimum absolute atomic E-state index is 0.146. The number of hydrogen-bond donors (Lipinski definition) is 0. The highest BCUT2D eigenvalue weighted by atomic mass is 15.0. The van der Waals surface area contributed by atoms with E-state index in [0.29, 0.717) is 11.8 Å². The van der Waals surface area contributed by atoms with Gasteiger partial charge in [0.1, 0.15) is 0 Å². The Labute approximate surface area is 235 Å². The number of aromatic nitrogens is 1. The summed E-state index contributed by atoms with van der Waals surface area (Å²) in [6.45, 7) is 4.79. The van der Waals surface area contributed by atoms with Crippen molar-refractivity contribution in [2.45, 2.75) is 25.2 Å². The average Bonchev–Trinajstić information content (AvgIpc) is 3.46. The summed E-state index contributed by atoms with van der Waals surface area (Å²) in [7, 11) is 0. The Morgan fingerprint density at radius 1 is 0.550 bits per heavy atom. The molecule has 0 N–H and O–H groups in total. The lowest BCUT2D eigenvalue weighted by Gasteiger charge is -2.29. The minimum Gasteiger partial charge on any atom is -0.309 e. The molecule has 2 aliphatic carbocycles. The predicted octanol–water partition coefficient (Wildman–Crippen LogP) is 10.2. The van der Waals surface area contributed by atoms with Gasteiger partial charge in [0.05, 0.1) is 11.0 Å². The molecule has 2 unspecified atom stereocenters. The molecule has 0 bridgehead atoms. The van der Waals surface area contributed by atoms with E-state index >= 15 is 0 Å². The monoisotopic (exact) mass is 513 g/mol. The summed E-state index contributed by atoms with van der Waals surface area (Å²) in [5, 5.41) is 2.58. The van der Waals surface area contributed by atoms with E-state index < -0.39 is 0 Å². The Bertz CT molecular complexity index is 1970. The molecule has 0 fully saturated rings. The molecule has 0 amide bonds. The van der Waals surface area contributed by atoms with E-state index in [2.05, 4.69) is 158 Å². The van der Waals surface area contributed by atoms with E-state index in [1.807, 2.05) is 0 Å². The van der Waals surface area contributed by atoms with Gasteiger partial charge in [0.25, 0.3) is 0 Å². The van der Waals surface area contributed by atoms with Crippen LogP contribution in [0.2, 0.25) is 0 Å². The van der Waals surface area contributed by atoms with E-state index in [1.165, 1.54) is 60.9 Å². The first-order valence-corrected chi connectivity index (χ1v) is 14.3. The second-order valence-electron chi connectivity index (χ2n) is 11.8. The summed E-state index contributed by atoms with van der Waals surface area (Å²) >= 11 is 0. The van der Waals surface area contributed by atoms with Crippen LogP contribution in [-0.4, -0.2) is 4.57 Å². The highest BCUT2D eigenvalue weighted by Crippen LogP contribution is 2.53. The van der Waals surface area contributed by atoms with Crippen LogP contribution < -0.4 is 0 Å².